The first kappa shape index (κ1) is 21.3. The molecule has 0 saturated heterocycles. The number of nitrogen functional groups attached to an aromatic ring is 1. The van der Waals surface area contributed by atoms with Crippen LogP contribution in [0.5, 0.6) is 0 Å². The topological polar surface area (TPSA) is 117 Å². The summed E-state index contributed by atoms with van der Waals surface area (Å²) in [7, 11) is 0. The molecule has 3 aromatic carbocycles. The Labute approximate surface area is 193 Å². The molecule has 4 aromatic rings. The Hall–Kier alpha value is -4.52. The summed E-state index contributed by atoms with van der Waals surface area (Å²) in [6.07, 6.45) is 0. The lowest BCUT2D eigenvalue weighted by Crippen LogP contribution is -2.24. The highest BCUT2D eigenvalue weighted by atomic mass is 16.5. The van der Waals surface area contributed by atoms with E-state index in [1.54, 1.807) is 30.3 Å². The predicted octanol–water partition coefficient (Wildman–Crippen LogP) is 4.12. The number of carbonyl (C=O) groups excluding carboxylic acids is 3. The molecule has 0 fully saturated rings. The Bertz CT molecular complexity index is 1610. The highest BCUT2D eigenvalue weighted by molar-refractivity contribution is 6.30. The van der Waals surface area contributed by atoms with E-state index in [1.165, 1.54) is 18.2 Å². The van der Waals surface area contributed by atoms with Crippen LogP contribution in [0.15, 0.2) is 63.8 Å². The third-order valence-electron chi connectivity index (χ3n) is 6.16. The first-order valence-corrected chi connectivity index (χ1v) is 10.6. The van der Waals surface area contributed by atoms with Crippen molar-refractivity contribution in [3.8, 4) is 0 Å². The minimum atomic E-state index is -0.773. The lowest BCUT2D eigenvalue weighted by atomic mass is 9.82. The van der Waals surface area contributed by atoms with Crippen molar-refractivity contribution < 1.29 is 23.5 Å². The fourth-order valence-electron chi connectivity index (χ4n) is 4.21. The predicted molar refractivity (Wildman–Crippen MR) is 125 cm³/mol. The number of fused-ring (bicyclic) bond motifs is 3. The van der Waals surface area contributed by atoms with Gasteiger partial charge in [-0.15, -0.1) is 0 Å². The van der Waals surface area contributed by atoms with Crippen LogP contribution in [0.25, 0.3) is 11.0 Å². The number of rotatable bonds is 3. The van der Waals surface area contributed by atoms with Gasteiger partial charge in [0.05, 0.1) is 16.8 Å². The highest BCUT2D eigenvalue weighted by Gasteiger charge is 2.33. The van der Waals surface area contributed by atoms with Crippen molar-refractivity contribution in [2.75, 3.05) is 5.73 Å². The third-order valence-corrected chi connectivity index (χ3v) is 6.16. The summed E-state index contributed by atoms with van der Waals surface area (Å²) >= 11 is 0. The van der Waals surface area contributed by atoms with E-state index >= 15 is 0 Å². The summed E-state index contributed by atoms with van der Waals surface area (Å²) in [5, 5.41) is 0.659. The number of hydrogen-bond donors (Lipinski definition) is 1. The Balaban J connectivity index is 1.48. The molecule has 0 radical (unpaired) electrons. The summed E-state index contributed by atoms with van der Waals surface area (Å²) in [6, 6.07) is 14.2. The molecule has 168 valence electrons. The van der Waals surface area contributed by atoms with Crippen LogP contribution in [0.3, 0.4) is 0 Å². The zero-order valence-electron chi connectivity index (χ0n) is 18.4. The fraction of sp³-hybridized carbons (Fsp3) is 0.111. The number of benzene rings is 3. The number of anilines is 1. The Morgan fingerprint density at radius 2 is 1.56 bits per heavy atom. The summed E-state index contributed by atoms with van der Waals surface area (Å²) in [4.78, 5) is 50.8. The zero-order valence-corrected chi connectivity index (χ0v) is 18.4. The molecule has 2 N–H and O–H groups in total. The molecule has 0 unspecified atom stereocenters. The molecular weight excluding hydrogens is 434 g/mol. The smallest absolute Gasteiger partial charge is 0.340 e. The summed E-state index contributed by atoms with van der Waals surface area (Å²) in [5.41, 5.74) is 9.03. The van der Waals surface area contributed by atoms with Gasteiger partial charge in [0.2, 0.25) is 0 Å². The first-order valence-electron chi connectivity index (χ1n) is 10.6. The molecule has 0 amide bonds. The monoisotopic (exact) mass is 453 g/mol. The number of ether oxygens (including phenoxy) is 1. The number of aryl methyl sites for hydroxylation is 2. The van der Waals surface area contributed by atoms with E-state index in [1.807, 2.05) is 19.9 Å². The van der Waals surface area contributed by atoms with E-state index < -0.39 is 17.4 Å². The first-order chi connectivity index (χ1) is 16.3. The maximum atomic E-state index is 13.0. The number of esters is 1. The van der Waals surface area contributed by atoms with Crippen LogP contribution in [0.1, 0.15) is 58.9 Å². The van der Waals surface area contributed by atoms with Crippen molar-refractivity contribution in [2.45, 2.75) is 20.5 Å². The summed E-state index contributed by atoms with van der Waals surface area (Å²) < 4.78 is 10.7. The fourth-order valence-corrected chi connectivity index (χ4v) is 4.21. The third kappa shape index (κ3) is 3.29. The van der Waals surface area contributed by atoms with E-state index in [-0.39, 0.29) is 40.3 Å². The van der Waals surface area contributed by atoms with E-state index in [9.17, 15) is 19.2 Å². The Morgan fingerprint density at radius 1 is 0.882 bits per heavy atom. The normalized spacial score (nSPS) is 12.4. The van der Waals surface area contributed by atoms with E-state index in [4.69, 9.17) is 14.9 Å². The molecule has 0 aliphatic heterocycles. The second-order valence-electron chi connectivity index (χ2n) is 8.25. The minimum absolute atomic E-state index is 0.00458. The number of ketones is 2. The van der Waals surface area contributed by atoms with E-state index in [2.05, 4.69) is 0 Å². The molecule has 5 rings (SSSR count). The van der Waals surface area contributed by atoms with Gasteiger partial charge in [0, 0.05) is 33.7 Å². The molecule has 0 bridgehead atoms. The molecular formula is C27H19NO6. The SMILES string of the molecule is Cc1cc2oc(=O)cc(COC(=O)c3ccc4c(c3N)C(=O)c3ccccc3C4=O)c2cc1C. The van der Waals surface area contributed by atoms with Gasteiger partial charge in [0.15, 0.2) is 11.6 Å². The standard InChI is InChI=1S/C27H19NO6/c1-13-9-20-15(11-22(29)34-21(20)10-14(13)2)12-33-27(32)19-8-7-18-23(24(19)28)26(31)17-6-4-3-5-16(17)25(18)30/h3-11H,12,28H2,1-2H3. The molecule has 1 aromatic heterocycles. The quantitative estimate of drug-likeness (QED) is 0.248. The van der Waals surface area contributed by atoms with Gasteiger partial charge >= 0.3 is 11.6 Å². The Morgan fingerprint density at radius 3 is 2.29 bits per heavy atom. The average molecular weight is 453 g/mol. The molecule has 0 atom stereocenters. The molecule has 0 spiro atoms. The molecule has 7 heteroatoms. The maximum Gasteiger partial charge on any atom is 0.340 e. The van der Waals surface area contributed by atoms with Crippen molar-refractivity contribution in [1.82, 2.24) is 0 Å². The van der Waals surface area contributed by atoms with Crippen LogP contribution >= 0.6 is 0 Å². The molecule has 7 nitrogen and oxygen atoms in total. The van der Waals surface area contributed by atoms with Crippen LogP contribution in [-0.2, 0) is 11.3 Å². The second-order valence-corrected chi connectivity index (χ2v) is 8.25. The van der Waals surface area contributed by atoms with Gasteiger partial charge in [-0.05, 0) is 49.2 Å². The molecule has 1 aliphatic rings. The highest BCUT2D eigenvalue weighted by Crippen LogP contribution is 2.33. The molecule has 0 saturated carbocycles. The van der Waals surface area contributed by atoms with Crippen LogP contribution in [0.4, 0.5) is 5.69 Å². The van der Waals surface area contributed by atoms with Crippen molar-refractivity contribution in [1.29, 1.82) is 0 Å². The minimum Gasteiger partial charge on any atom is -0.457 e. The van der Waals surface area contributed by atoms with Crippen molar-refractivity contribution >= 4 is 34.2 Å². The lowest BCUT2D eigenvalue weighted by molar-refractivity contribution is 0.0475. The van der Waals surface area contributed by atoms with Crippen molar-refractivity contribution in [3.63, 3.8) is 0 Å². The number of carbonyl (C=O) groups is 3. The number of nitrogens with two attached hydrogens (primary N) is 1. The van der Waals surface area contributed by atoms with Crippen LogP contribution in [0.2, 0.25) is 0 Å². The lowest BCUT2D eigenvalue weighted by Gasteiger charge is -2.20. The molecule has 34 heavy (non-hydrogen) atoms. The van der Waals surface area contributed by atoms with Gasteiger partial charge in [-0.1, -0.05) is 24.3 Å². The summed E-state index contributed by atoms with van der Waals surface area (Å²) in [5.74, 6) is -1.52. The van der Waals surface area contributed by atoms with E-state index in [0.29, 0.717) is 22.1 Å². The van der Waals surface area contributed by atoms with Gasteiger partial charge in [-0.3, -0.25) is 9.59 Å². The van der Waals surface area contributed by atoms with Crippen LogP contribution < -0.4 is 11.4 Å². The average Bonchev–Trinajstić information content (AvgIpc) is 2.81. The maximum absolute atomic E-state index is 13.0. The van der Waals surface area contributed by atoms with Crippen molar-refractivity contribution in [2.24, 2.45) is 0 Å². The Kier molecular flexibility index (Phi) is 4.90. The van der Waals surface area contributed by atoms with Gasteiger partial charge in [-0.2, -0.15) is 0 Å². The van der Waals surface area contributed by atoms with Crippen molar-refractivity contribution in [3.05, 3.63) is 110 Å². The van der Waals surface area contributed by atoms with Gasteiger partial charge < -0.3 is 14.9 Å². The van der Waals surface area contributed by atoms with Gasteiger partial charge in [0.1, 0.15) is 12.2 Å². The van der Waals surface area contributed by atoms with Crippen LogP contribution in [-0.4, -0.2) is 17.5 Å². The van der Waals surface area contributed by atoms with E-state index in [0.717, 1.165) is 11.1 Å². The van der Waals surface area contributed by atoms with Gasteiger partial charge in [0.25, 0.3) is 0 Å². The van der Waals surface area contributed by atoms with Crippen LogP contribution in [0, 0.1) is 13.8 Å². The summed E-state index contributed by atoms with van der Waals surface area (Å²) in [6.45, 7) is 3.64. The largest absolute Gasteiger partial charge is 0.457 e. The zero-order chi connectivity index (χ0) is 24.1. The number of hydrogen-bond acceptors (Lipinski definition) is 7. The molecule has 1 heterocycles. The molecule has 1 aliphatic carbocycles. The second kappa shape index (κ2) is 7.81. The van der Waals surface area contributed by atoms with Gasteiger partial charge in [-0.25, -0.2) is 9.59 Å².